The summed E-state index contributed by atoms with van der Waals surface area (Å²) in [7, 11) is 0. The molecular formula is C14H10O2. The minimum Gasteiger partial charge on any atom is -0.285 e. The van der Waals surface area contributed by atoms with Crippen molar-refractivity contribution < 1.29 is 9.59 Å². The molecule has 0 aliphatic rings. The Balaban J connectivity index is 2.98. The molecule has 0 aliphatic carbocycles. The molecule has 1 aromatic carbocycles. The highest BCUT2D eigenvalue weighted by atomic mass is 16.1. The van der Waals surface area contributed by atoms with Crippen LogP contribution in [0.4, 0.5) is 0 Å². The van der Waals surface area contributed by atoms with E-state index in [9.17, 15) is 9.59 Å². The molecule has 0 aromatic heterocycles. The highest BCUT2D eigenvalue weighted by Gasteiger charge is 1.90. The van der Waals surface area contributed by atoms with Gasteiger partial charge in [0.05, 0.1) is 0 Å². The SMILES string of the molecule is CC(=O)C#Cc1cccc(C#CC(C)=O)c1. The van der Waals surface area contributed by atoms with Crippen LogP contribution in [-0.2, 0) is 9.59 Å². The average Bonchev–Trinajstić information content (AvgIpc) is 2.24. The van der Waals surface area contributed by atoms with E-state index in [-0.39, 0.29) is 11.6 Å². The second-order valence-electron chi connectivity index (χ2n) is 3.19. The fraction of sp³-hybridized carbons (Fsp3) is 0.143. The van der Waals surface area contributed by atoms with Gasteiger partial charge in [0.15, 0.2) is 0 Å². The Labute approximate surface area is 94.7 Å². The van der Waals surface area contributed by atoms with Crippen LogP contribution in [0.25, 0.3) is 0 Å². The van der Waals surface area contributed by atoms with Crippen LogP contribution in [0.2, 0.25) is 0 Å². The molecule has 0 spiro atoms. The van der Waals surface area contributed by atoms with Crippen LogP contribution in [-0.4, -0.2) is 11.6 Å². The maximum absolute atomic E-state index is 10.7. The molecule has 0 fully saturated rings. The smallest absolute Gasteiger partial charge is 0.202 e. The van der Waals surface area contributed by atoms with E-state index in [0.29, 0.717) is 11.1 Å². The van der Waals surface area contributed by atoms with Gasteiger partial charge in [0.1, 0.15) is 0 Å². The van der Waals surface area contributed by atoms with Gasteiger partial charge in [-0.3, -0.25) is 9.59 Å². The van der Waals surface area contributed by atoms with Crippen LogP contribution in [0, 0.1) is 23.7 Å². The zero-order chi connectivity index (χ0) is 12.0. The largest absolute Gasteiger partial charge is 0.285 e. The monoisotopic (exact) mass is 210 g/mol. The molecule has 2 nitrogen and oxygen atoms in total. The van der Waals surface area contributed by atoms with Gasteiger partial charge < -0.3 is 0 Å². The normalized spacial score (nSPS) is 8.12. The maximum Gasteiger partial charge on any atom is 0.202 e. The van der Waals surface area contributed by atoms with Crippen molar-refractivity contribution in [1.29, 1.82) is 0 Å². The Bertz CT molecular complexity index is 498. The summed E-state index contributed by atoms with van der Waals surface area (Å²) in [4.78, 5) is 21.3. The first-order valence-corrected chi connectivity index (χ1v) is 4.73. The molecule has 1 rings (SSSR count). The topological polar surface area (TPSA) is 34.1 Å². The summed E-state index contributed by atoms with van der Waals surface area (Å²) in [5, 5.41) is 0. The van der Waals surface area contributed by atoms with Gasteiger partial charge >= 0.3 is 0 Å². The van der Waals surface area contributed by atoms with Crippen molar-refractivity contribution in [2.24, 2.45) is 0 Å². The molecule has 0 amide bonds. The third-order valence-corrected chi connectivity index (χ3v) is 1.63. The third-order valence-electron chi connectivity index (χ3n) is 1.63. The molecule has 0 unspecified atom stereocenters. The van der Waals surface area contributed by atoms with Gasteiger partial charge in [-0.15, -0.1) is 0 Å². The minimum atomic E-state index is -0.180. The van der Waals surface area contributed by atoms with Gasteiger partial charge in [-0.2, -0.15) is 0 Å². The van der Waals surface area contributed by atoms with E-state index in [1.54, 1.807) is 24.3 Å². The molecule has 0 saturated heterocycles. The predicted molar refractivity (Wildman–Crippen MR) is 61.6 cm³/mol. The number of rotatable bonds is 0. The van der Waals surface area contributed by atoms with E-state index in [2.05, 4.69) is 23.7 Å². The van der Waals surface area contributed by atoms with Crippen LogP contribution < -0.4 is 0 Å². The number of benzene rings is 1. The van der Waals surface area contributed by atoms with E-state index in [4.69, 9.17) is 0 Å². The highest BCUT2D eigenvalue weighted by molar-refractivity contribution is 5.94. The quantitative estimate of drug-likeness (QED) is 0.609. The molecule has 2 heteroatoms. The predicted octanol–water partition coefficient (Wildman–Crippen LogP) is 1.57. The van der Waals surface area contributed by atoms with Crippen molar-refractivity contribution >= 4 is 11.6 Å². The second-order valence-corrected chi connectivity index (χ2v) is 3.19. The number of hydrogen-bond acceptors (Lipinski definition) is 2. The molecule has 0 N–H and O–H groups in total. The number of carbonyl (C=O) groups excluding carboxylic acids is 2. The van der Waals surface area contributed by atoms with Crippen LogP contribution in [0.15, 0.2) is 24.3 Å². The van der Waals surface area contributed by atoms with Crippen molar-refractivity contribution in [1.82, 2.24) is 0 Å². The number of ketones is 2. The standard InChI is InChI=1S/C14H10O2/c1-11(15)6-8-13-4-3-5-14(10-13)9-7-12(2)16/h3-5,10H,1-2H3. The molecule has 0 heterocycles. The molecule has 0 atom stereocenters. The zero-order valence-electron chi connectivity index (χ0n) is 9.13. The molecular weight excluding hydrogens is 200 g/mol. The number of carbonyl (C=O) groups is 2. The number of hydrogen-bond donors (Lipinski definition) is 0. The molecule has 0 aliphatic heterocycles. The van der Waals surface area contributed by atoms with Crippen LogP contribution in [0.5, 0.6) is 0 Å². The summed E-state index contributed by atoms with van der Waals surface area (Å²) >= 11 is 0. The fourth-order valence-electron chi connectivity index (χ4n) is 0.995. The Hall–Kier alpha value is -2.32. The Morgan fingerprint density at radius 2 is 1.38 bits per heavy atom. The van der Waals surface area contributed by atoms with Crippen LogP contribution in [0.3, 0.4) is 0 Å². The van der Waals surface area contributed by atoms with Crippen molar-refractivity contribution in [2.45, 2.75) is 13.8 Å². The molecule has 0 saturated carbocycles. The highest BCUT2D eigenvalue weighted by Crippen LogP contribution is 2.02. The molecule has 78 valence electrons. The minimum absolute atomic E-state index is 0.180. The number of Topliss-reactive ketones (excluding diaryl/α,β-unsaturated/α-hetero) is 2. The summed E-state index contributed by atoms with van der Waals surface area (Å²) in [5.74, 6) is 9.98. The summed E-state index contributed by atoms with van der Waals surface area (Å²) < 4.78 is 0. The van der Waals surface area contributed by atoms with Crippen LogP contribution in [0.1, 0.15) is 25.0 Å². The summed E-state index contributed by atoms with van der Waals surface area (Å²) in [6, 6.07) is 7.10. The van der Waals surface area contributed by atoms with E-state index in [0.717, 1.165) is 0 Å². The first-order chi connectivity index (χ1) is 7.58. The van der Waals surface area contributed by atoms with Crippen molar-refractivity contribution in [3.05, 3.63) is 35.4 Å². The van der Waals surface area contributed by atoms with E-state index in [1.165, 1.54) is 13.8 Å². The first kappa shape index (κ1) is 11.8. The molecule has 1 aromatic rings. The van der Waals surface area contributed by atoms with Crippen LogP contribution >= 0.6 is 0 Å². The Morgan fingerprint density at radius 3 is 1.75 bits per heavy atom. The van der Waals surface area contributed by atoms with Crippen molar-refractivity contribution in [3.8, 4) is 23.7 Å². The Morgan fingerprint density at radius 1 is 0.938 bits per heavy atom. The van der Waals surface area contributed by atoms with Gasteiger partial charge in [0.25, 0.3) is 0 Å². The Kier molecular flexibility index (Phi) is 4.07. The van der Waals surface area contributed by atoms with E-state index >= 15 is 0 Å². The summed E-state index contributed by atoms with van der Waals surface area (Å²) in [5.41, 5.74) is 1.43. The van der Waals surface area contributed by atoms with Gasteiger partial charge in [-0.1, -0.05) is 17.9 Å². The second kappa shape index (κ2) is 5.53. The van der Waals surface area contributed by atoms with Gasteiger partial charge in [0, 0.05) is 25.0 Å². The van der Waals surface area contributed by atoms with E-state index < -0.39 is 0 Å². The fourth-order valence-corrected chi connectivity index (χ4v) is 0.995. The van der Waals surface area contributed by atoms with Gasteiger partial charge in [-0.25, -0.2) is 0 Å². The van der Waals surface area contributed by atoms with Crippen molar-refractivity contribution in [3.63, 3.8) is 0 Å². The molecule has 0 bridgehead atoms. The third kappa shape index (κ3) is 4.26. The first-order valence-electron chi connectivity index (χ1n) is 4.73. The lowest BCUT2D eigenvalue weighted by Crippen LogP contribution is -1.84. The summed E-state index contributed by atoms with van der Waals surface area (Å²) in [6.45, 7) is 2.82. The van der Waals surface area contributed by atoms with Gasteiger partial charge in [0.2, 0.25) is 11.6 Å². The zero-order valence-corrected chi connectivity index (χ0v) is 9.13. The lowest BCUT2D eigenvalue weighted by Gasteiger charge is -1.91. The molecule has 16 heavy (non-hydrogen) atoms. The average molecular weight is 210 g/mol. The molecule has 0 radical (unpaired) electrons. The lowest BCUT2D eigenvalue weighted by atomic mass is 10.1. The van der Waals surface area contributed by atoms with Crippen molar-refractivity contribution in [2.75, 3.05) is 0 Å². The lowest BCUT2D eigenvalue weighted by molar-refractivity contribution is -0.112. The maximum atomic E-state index is 10.7. The van der Waals surface area contributed by atoms with Gasteiger partial charge in [-0.05, 0) is 30.0 Å². The summed E-state index contributed by atoms with van der Waals surface area (Å²) in [6.07, 6.45) is 0. The van der Waals surface area contributed by atoms with E-state index in [1.807, 2.05) is 0 Å².